The SMILES string of the molecule is Cc1ccc(C(=O)CSc2nnc(N3CCOCC3)n2-c2ccc(C)cc2)cc1. The van der Waals surface area contributed by atoms with Crippen LogP contribution in [0.15, 0.2) is 53.7 Å². The number of nitrogens with zero attached hydrogens (tertiary/aromatic N) is 4. The Balaban J connectivity index is 1.60. The fourth-order valence-electron chi connectivity index (χ4n) is 3.20. The molecule has 6 nitrogen and oxygen atoms in total. The van der Waals surface area contributed by atoms with Gasteiger partial charge >= 0.3 is 0 Å². The molecule has 1 aliphatic heterocycles. The van der Waals surface area contributed by atoms with Crippen LogP contribution in [0, 0.1) is 13.8 Å². The van der Waals surface area contributed by atoms with Crippen LogP contribution in [0.25, 0.3) is 5.69 Å². The second-order valence-electron chi connectivity index (χ2n) is 7.13. The first-order valence-corrected chi connectivity index (χ1v) is 10.7. The van der Waals surface area contributed by atoms with Gasteiger partial charge in [0.2, 0.25) is 5.95 Å². The van der Waals surface area contributed by atoms with Crippen molar-refractivity contribution < 1.29 is 9.53 Å². The summed E-state index contributed by atoms with van der Waals surface area (Å²) in [5.74, 6) is 1.19. The van der Waals surface area contributed by atoms with Crippen LogP contribution in [0.5, 0.6) is 0 Å². The minimum atomic E-state index is 0.0846. The molecule has 2 heterocycles. The minimum Gasteiger partial charge on any atom is -0.378 e. The Morgan fingerprint density at radius 2 is 1.59 bits per heavy atom. The van der Waals surface area contributed by atoms with Gasteiger partial charge in [0, 0.05) is 18.7 Å². The number of rotatable bonds is 6. The average molecular weight is 409 g/mol. The molecule has 1 saturated heterocycles. The first kappa shape index (κ1) is 19.7. The molecule has 0 saturated carbocycles. The van der Waals surface area contributed by atoms with Crippen molar-refractivity contribution in [2.45, 2.75) is 19.0 Å². The summed E-state index contributed by atoms with van der Waals surface area (Å²) >= 11 is 1.42. The number of aryl methyl sites for hydroxylation is 2. The van der Waals surface area contributed by atoms with Crippen molar-refractivity contribution in [3.05, 3.63) is 65.2 Å². The summed E-state index contributed by atoms with van der Waals surface area (Å²) in [4.78, 5) is 14.8. The normalized spacial score (nSPS) is 14.2. The fraction of sp³-hybridized carbons (Fsp3) is 0.318. The number of anilines is 1. The third kappa shape index (κ3) is 4.52. The highest BCUT2D eigenvalue weighted by Gasteiger charge is 2.22. The number of hydrogen-bond acceptors (Lipinski definition) is 6. The summed E-state index contributed by atoms with van der Waals surface area (Å²) in [6.07, 6.45) is 0. The van der Waals surface area contributed by atoms with E-state index in [0.717, 1.165) is 41.0 Å². The van der Waals surface area contributed by atoms with E-state index in [4.69, 9.17) is 4.74 Å². The number of ether oxygens (including phenoxy) is 1. The van der Waals surface area contributed by atoms with Crippen molar-refractivity contribution in [2.24, 2.45) is 0 Å². The van der Waals surface area contributed by atoms with Crippen LogP contribution in [-0.2, 0) is 4.74 Å². The van der Waals surface area contributed by atoms with Gasteiger partial charge in [-0.1, -0.05) is 59.3 Å². The van der Waals surface area contributed by atoms with Crippen molar-refractivity contribution >= 4 is 23.5 Å². The Morgan fingerprint density at radius 1 is 0.966 bits per heavy atom. The Bertz CT molecular complexity index is 977. The molecule has 1 aromatic heterocycles. The van der Waals surface area contributed by atoms with Gasteiger partial charge in [-0.15, -0.1) is 10.2 Å². The number of Topliss-reactive ketones (excluding diaryl/α,β-unsaturated/α-hetero) is 1. The van der Waals surface area contributed by atoms with Gasteiger partial charge < -0.3 is 9.64 Å². The molecule has 3 aromatic rings. The van der Waals surface area contributed by atoms with Crippen molar-refractivity contribution in [3.8, 4) is 5.69 Å². The second-order valence-corrected chi connectivity index (χ2v) is 8.07. The summed E-state index contributed by atoms with van der Waals surface area (Å²) in [6, 6.07) is 16.0. The van der Waals surface area contributed by atoms with Gasteiger partial charge in [0.15, 0.2) is 10.9 Å². The first-order chi connectivity index (χ1) is 14.1. The second kappa shape index (κ2) is 8.80. The first-order valence-electron chi connectivity index (χ1n) is 9.69. The molecule has 1 aliphatic rings. The molecular formula is C22H24N4O2S. The van der Waals surface area contributed by atoms with E-state index in [9.17, 15) is 4.79 Å². The zero-order valence-electron chi connectivity index (χ0n) is 16.7. The van der Waals surface area contributed by atoms with Gasteiger partial charge in [-0.2, -0.15) is 0 Å². The lowest BCUT2D eigenvalue weighted by molar-refractivity contribution is 0.102. The number of carbonyl (C=O) groups is 1. The summed E-state index contributed by atoms with van der Waals surface area (Å²) in [5.41, 5.74) is 4.05. The topological polar surface area (TPSA) is 60.3 Å². The van der Waals surface area contributed by atoms with Crippen LogP contribution in [0.2, 0.25) is 0 Å². The van der Waals surface area contributed by atoms with Crippen LogP contribution < -0.4 is 4.90 Å². The highest BCUT2D eigenvalue weighted by Crippen LogP contribution is 2.28. The van der Waals surface area contributed by atoms with E-state index in [0.29, 0.717) is 19.0 Å². The smallest absolute Gasteiger partial charge is 0.232 e. The van der Waals surface area contributed by atoms with Crippen molar-refractivity contribution in [1.29, 1.82) is 0 Å². The Kier molecular flexibility index (Phi) is 5.97. The van der Waals surface area contributed by atoms with E-state index >= 15 is 0 Å². The number of aromatic nitrogens is 3. The van der Waals surface area contributed by atoms with E-state index in [2.05, 4.69) is 46.3 Å². The molecule has 0 spiro atoms. The summed E-state index contributed by atoms with van der Waals surface area (Å²) < 4.78 is 7.52. The Morgan fingerprint density at radius 3 is 2.24 bits per heavy atom. The maximum absolute atomic E-state index is 12.6. The largest absolute Gasteiger partial charge is 0.378 e. The van der Waals surface area contributed by atoms with Crippen LogP contribution in [0.3, 0.4) is 0 Å². The molecule has 0 bridgehead atoms. The lowest BCUT2D eigenvalue weighted by Crippen LogP contribution is -2.37. The molecule has 150 valence electrons. The van der Waals surface area contributed by atoms with Crippen LogP contribution >= 0.6 is 11.8 Å². The molecule has 4 rings (SSSR count). The van der Waals surface area contributed by atoms with E-state index in [1.807, 2.05) is 35.8 Å². The molecular weight excluding hydrogens is 384 g/mol. The summed E-state index contributed by atoms with van der Waals surface area (Å²) in [6.45, 7) is 6.98. The molecule has 0 N–H and O–H groups in total. The molecule has 0 atom stereocenters. The van der Waals surface area contributed by atoms with Gasteiger partial charge in [-0.25, -0.2) is 0 Å². The number of hydrogen-bond donors (Lipinski definition) is 0. The van der Waals surface area contributed by atoms with Crippen LogP contribution in [0.1, 0.15) is 21.5 Å². The van der Waals surface area contributed by atoms with Gasteiger partial charge in [0.25, 0.3) is 0 Å². The lowest BCUT2D eigenvalue weighted by atomic mass is 10.1. The minimum absolute atomic E-state index is 0.0846. The third-order valence-electron chi connectivity index (χ3n) is 4.91. The molecule has 0 unspecified atom stereocenters. The number of ketones is 1. The predicted molar refractivity (Wildman–Crippen MR) is 115 cm³/mol. The monoisotopic (exact) mass is 408 g/mol. The van der Waals surface area contributed by atoms with Gasteiger partial charge in [0.05, 0.1) is 24.7 Å². The van der Waals surface area contributed by atoms with E-state index in [-0.39, 0.29) is 5.78 Å². The molecule has 2 aromatic carbocycles. The Hall–Kier alpha value is -2.64. The molecule has 0 radical (unpaired) electrons. The highest BCUT2D eigenvalue weighted by molar-refractivity contribution is 7.99. The maximum Gasteiger partial charge on any atom is 0.232 e. The zero-order valence-corrected chi connectivity index (χ0v) is 17.5. The molecule has 7 heteroatoms. The predicted octanol–water partition coefficient (Wildman–Crippen LogP) is 3.70. The molecule has 1 fully saturated rings. The Labute approximate surface area is 174 Å². The quantitative estimate of drug-likeness (QED) is 0.458. The summed E-state index contributed by atoms with van der Waals surface area (Å²) in [7, 11) is 0. The zero-order chi connectivity index (χ0) is 20.2. The maximum atomic E-state index is 12.6. The molecule has 0 amide bonds. The van der Waals surface area contributed by atoms with Gasteiger partial charge in [-0.05, 0) is 26.0 Å². The molecule has 0 aliphatic carbocycles. The van der Waals surface area contributed by atoms with E-state index in [1.165, 1.54) is 17.3 Å². The fourth-order valence-corrected chi connectivity index (χ4v) is 4.04. The number of carbonyl (C=O) groups excluding carboxylic acids is 1. The van der Waals surface area contributed by atoms with Gasteiger partial charge in [0.1, 0.15) is 0 Å². The van der Waals surface area contributed by atoms with Crippen LogP contribution in [0.4, 0.5) is 5.95 Å². The lowest BCUT2D eigenvalue weighted by Gasteiger charge is -2.27. The number of thioether (sulfide) groups is 1. The van der Waals surface area contributed by atoms with Crippen LogP contribution in [-0.4, -0.2) is 52.6 Å². The number of benzene rings is 2. The highest BCUT2D eigenvalue weighted by atomic mass is 32.2. The van der Waals surface area contributed by atoms with E-state index in [1.54, 1.807) is 0 Å². The van der Waals surface area contributed by atoms with Crippen molar-refractivity contribution in [2.75, 3.05) is 37.0 Å². The number of morpholine rings is 1. The van der Waals surface area contributed by atoms with Gasteiger partial charge in [-0.3, -0.25) is 9.36 Å². The van der Waals surface area contributed by atoms with Crippen molar-refractivity contribution in [3.63, 3.8) is 0 Å². The van der Waals surface area contributed by atoms with Crippen molar-refractivity contribution in [1.82, 2.24) is 14.8 Å². The average Bonchev–Trinajstić information content (AvgIpc) is 3.17. The standard InChI is InChI=1S/C22H24N4O2S/c1-16-3-7-18(8-4-16)20(27)15-29-22-24-23-21(25-11-13-28-14-12-25)26(22)19-9-5-17(2)6-10-19/h3-10H,11-15H2,1-2H3. The third-order valence-corrected chi connectivity index (χ3v) is 5.84. The van der Waals surface area contributed by atoms with E-state index < -0.39 is 0 Å². The summed E-state index contributed by atoms with van der Waals surface area (Å²) in [5, 5.41) is 9.58. The molecule has 29 heavy (non-hydrogen) atoms.